The van der Waals surface area contributed by atoms with E-state index in [2.05, 4.69) is 41.7 Å². The second-order valence-electron chi connectivity index (χ2n) is 16.1. The minimum Gasteiger partial charge on any atom is -0.463 e. The number of nitrogens with one attached hydrogen (secondary N) is 1. The third kappa shape index (κ3) is 12.8. The van der Waals surface area contributed by atoms with E-state index < -0.39 is 87.2 Å². The van der Waals surface area contributed by atoms with Crippen molar-refractivity contribution in [3.8, 4) is 0 Å². The SMILES string of the molecule is CO[C@H]1O[C@H](C)[C@@H](O[C@@H]2O[C@H](COC(C)=O)[C@@H](OC(C)=O)[C@H](OC(C)=O)[C@H]2NCc2ccccc2P(c2ccccc2)c2ccccc2)[C@H](OCc2ccccc2)[C@H]1OCc1ccccc1. The summed E-state index contributed by atoms with van der Waals surface area (Å²) in [4.78, 5) is 38.1. The molecule has 7 rings (SSSR count). The Morgan fingerprint density at radius 3 is 1.64 bits per heavy atom. The van der Waals surface area contributed by atoms with Gasteiger partial charge in [0.2, 0.25) is 0 Å². The van der Waals surface area contributed by atoms with Crippen LogP contribution in [0, 0.1) is 0 Å². The molecule has 13 nitrogen and oxygen atoms in total. The van der Waals surface area contributed by atoms with Gasteiger partial charge in [-0.3, -0.25) is 14.4 Å². The Labute approximate surface area is 387 Å². The van der Waals surface area contributed by atoms with Crippen LogP contribution in [0.25, 0.3) is 0 Å². The molecule has 10 atom stereocenters. The standard InChI is InChI=1S/C52H58NO12P/c1-34-46(49(59-31-38-20-10-6-11-21-38)50(52(57-5)61-34)60-32-39-22-12-7-13-23-39)65-51-45(48(63-37(4)56)47(62-36(3)55)43(64-51)33-58-35(2)54)53-30-40-24-18-19-29-44(40)66(41-25-14-8-15-26-41)42-27-16-9-17-28-42/h6-29,34,43,45-53H,30-33H2,1-5H3/t34-,43-,45-,46-,47-,48-,49+,50-,51+,52+/m1/s1. The van der Waals surface area contributed by atoms with Crippen molar-refractivity contribution in [1.82, 2.24) is 5.32 Å². The number of carbonyl (C=O) groups is 3. The Hall–Kier alpha value is -5.34. The van der Waals surface area contributed by atoms with Crippen molar-refractivity contribution in [2.75, 3.05) is 13.7 Å². The summed E-state index contributed by atoms with van der Waals surface area (Å²) in [6.45, 7) is 5.99. The fourth-order valence-electron chi connectivity index (χ4n) is 8.33. The van der Waals surface area contributed by atoms with Gasteiger partial charge in [0.05, 0.1) is 19.3 Å². The van der Waals surface area contributed by atoms with E-state index in [1.807, 2.05) is 116 Å². The van der Waals surface area contributed by atoms with E-state index in [1.165, 1.54) is 31.4 Å². The fraction of sp³-hybridized carbons (Fsp3) is 0.365. The molecule has 0 amide bonds. The molecule has 66 heavy (non-hydrogen) atoms. The number of benzene rings is 5. The van der Waals surface area contributed by atoms with Crippen LogP contribution in [0.1, 0.15) is 44.4 Å². The third-order valence-electron chi connectivity index (χ3n) is 11.3. The summed E-state index contributed by atoms with van der Waals surface area (Å²) in [5.41, 5.74) is 2.82. The normalized spacial score (nSPS) is 25.2. The number of ether oxygens (including phenoxy) is 9. The highest BCUT2D eigenvalue weighted by atomic mass is 31.1. The maximum absolute atomic E-state index is 13.1. The summed E-state index contributed by atoms with van der Waals surface area (Å²) in [6.07, 6.45) is -8.77. The number of hydrogen-bond acceptors (Lipinski definition) is 13. The predicted octanol–water partition coefficient (Wildman–Crippen LogP) is 6.00. The molecule has 0 radical (unpaired) electrons. The van der Waals surface area contributed by atoms with Crippen LogP contribution in [0.3, 0.4) is 0 Å². The summed E-state index contributed by atoms with van der Waals surface area (Å²) >= 11 is 0. The molecule has 1 N–H and O–H groups in total. The van der Waals surface area contributed by atoms with Gasteiger partial charge in [-0.25, -0.2) is 0 Å². The van der Waals surface area contributed by atoms with E-state index in [0.29, 0.717) is 0 Å². The Morgan fingerprint density at radius 1 is 0.576 bits per heavy atom. The zero-order valence-electron chi connectivity index (χ0n) is 37.8. The maximum Gasteiger partial charge on any atom is 0.303 e. The van der Waals surface area contributed by atoms with Crippen LogP contribution in [-0.2, 0) is 76.8 Å². The smallest absolute Gasteiger partial charge is 0.303 e. The molecule has 0 bridgehead atoms. The fourth-order valence-corrected chi connectivity index (χ4v) is 10.8. The summed E-state index contributed by atoms with van der Waals surface area (Å²) in [6, 6.07) is 47.4. The van der Waals surface area contributed by atoms with Gasteiger partial charge in [-0.1, -0.05) is 146 Å². The summed E-state index contributed by atoms with van der Waals surface area (Å²) in [7, 11) is 0.533. The largest absolute Gasteiger partial charge is 0.463 e. The zero-order chi connectivity index (χ0) is 46.4. The van der Waals surface area contributed by atoms with Gasteiger partial charge in [0.15, 0.2) is 24.8 Å². The molecule has 2 aliphatic heterocycles. The highest BCUT2D eigenvalue weighted by molar-refractivity contribution is 7.79. The van der Waals surface area contributed by atoms with Crippen molar-refractivity contribution in [1.29, 1.82) is 0 Å². The van der Waals surface area contributed by atoms with Crippen molar-refractivity contribution >= 4 is 41.7 Å². The van der Waals surface area contributed by atoms with Gasteiger partial charge in [-0.05, 0) is 47.4 Å². The van der Waals surface area contributed by atoms with E-state index in [-0.39, 0.29) is 26.4 Å². The van der Waals surface area contributed by atoms with Crippen LogP contribution in [0.4, 0.5) is 0 Å². The first-order chi connectivity index (χ1) is 32.1. The highest BCUT2D eigenvalue weighted by Crippen LogP contribution is 2.37. The second-order valence-corrected chi connectivity index (χ2v) is 18.3. The number of rotatable bonds is 19. The van der Waals surface area contributed by atoms with E-state index in [1.54, 1.807) is 7.11 Å². The van der Waals surface area contributed by atoms with Crippen LogP contribution in [0.5, 0.6) is 0 Å². The van der Waals surface area contributed by atoms with Crippen molar-refractivity contribution < 1.29 is 57.0 Å². The number of methoxy groups -OCH3 is 1. The topological polar surface area (TPSA) is 146 Å². The molecular weight excluding hydrogens is 862 g/mol. The molecule has 2 saturated heterocycles. The number of carbonyl (C=O) groups excluding carboxylic acids is 3. The van der Waals surface area contributed by atoms with Crippen molar-refractivity contribution in [2.24, 2.45) is 0 Å². The number of esters is 3. The van der Waals surface area contributed by atoms with Gasteiger partial charge < -0.3 is 47.9 Å². The van der Waals surface area contributed by atoms with Gasteiger partial charge in [0.25, 0.3) is 0 Å². The van der Waals surface area contributed by atoms with Crippen LogP contribution < -0.4 is 21.2 Å². The highest BCUT2D eigenvalue weighted by Gasteiger charge is 2.54. The molecule has 14 heteroatoms. The minimum atomic E-state index is -1.24. The average molecular weight is 920 g/mol. The van der Waals surface area contributed by atoms with Gasteiger partial charge in [-0.15, -0.1) is 0 Å². The van der Waals surface area contributed by atoms with Gasteiger partial charge >= 0.3 is 17.9 Å². The maximum atomic E-state index is 13.1. The van der Waals surface area contributed by atoms with Crippen molar-refractivity contribution in [3.63, 3.8) is 0 Å². The predicted molar refractivity (Wildman–Crippen MR) is 248 cm³/mol. The lowest BCUT2D eigenvalue weighted by Gasteiger charge is -2.49. The van der Waals surface area contributed by atoms with E-state index >= 15 is 0 Å². The first-order valence-corrected chi connectivity index (χ1v) is 23.4. The molecule has 0 saturated carbocycles. The van der Waals surface area contributed by atoms with Crippen molar-refractivity contribution in [3.05, 3.63) is 162 Å². The second kappa shape index (κ2) is 23.9. The Balaban J connectivity index is 1.28. The third-order valence-corrected chi connectivity index (χ3v) is 13.9. The van der Waals surface area contributed by atoms with Crippen molar-refractivity contribution in [2.45, 2.75) is 109 Å². The van der Waals surface area contributed by atoms with Crippen LogP contribution in [0.2, 0.25) is 0 Å². The summed E-state index contributed by atoms with van der Waals surface area (Å²) < 4.78 is 57.1. The lowest BCUT2D eigenvalue weighted by atomic mass is 9.94. The molecule has 2 aliphatic rings. The zero-order valence-corrected chi connectivity index (χ0v) is 38.7. The van der Waals surface area contributed by atoms with Gasteiger partial charge in [0, 0.05) is 34.4 Å². The molecule has 0 aliphatic carbocycles. The lowest BCUT2D eigenvalue weighted by molar-refractivity contribution is -0.351. The number of hydrogen-bond donors (Lipinski definition) is 1. The van der Waals surface area contributed by atoms with E-state index in [0.717, 1.165) is 22.0 Å². The molecule has 0 spiro atoms. The molecule has 0 unspecified atom stereocenters. The molecule has 5 aromatic rings. The quantitative estimate of drug-likeness (QED) is 0.0588. The Bertz CT molecular complexity index is 2250. The molecule has 2 fully saturated rings. The molecule has 5 aromatic carbocycles. The molecule has 348 valence electrons. The first kappa shape index (κ1) is 48.6. The monoisotopic (exact) mass is 919 g/mol. The van der Waals surface area contributed by atoms with Gasteiger partial charge in [0.1, 0.15) is 37.1 Å². The average Bonchev–Trinajstić information content (AvgIpc) is 3.32. The first-order valence-electron chi connectivity index (χ1n) is 22.1. The minimum absolute atomic E-state index is 0.204. The molecule has 2 heterocycles. The van der Waals surface area contributed by atoms with E-state index in [9.17, 15) is 14.4 Å². The van der Waals surface area contributed by atoms with Crippen LogP contribution >= 0.6 is 7.92 Å². The summed E-state index contributed by atoms with van der Waals surface area (Å²) in [5, 5.41) is 7.07. The molecule has 0 aromatic heterocycles. The Morgan fingerprint density at radius 2 is 1.09 bits per heavy atom. The van der Waals surface area contributed by atoms with Gasteiger partial charge in [-0.2, -0.15) is 0 Å². The lowest BCUT2D eigenvalue weighted by Crippen LogP contribution is -2.68. The van der Waals surface area contributed by atoms with E-state index in [4.69, 9.17) is 42.6 Å². The summed E-state index contributed by atoms with van der Waals surface area (Å²) in [5.74, 6) is -1.87. The molecular formula is C52H58NO12P. The van der Waals surface area contributed by atoms with Crippen LogP contribution in [-0.4, -0.2) is 93.0 Å². The van der Waals surface area contributed by atoms with Crippen LogP contribution in [0.15, 0.2) is 146 Å². The Kier molecular flexibility index (Phi) is 17.6.